The van der Waals surface area contributed by atoms with Gasteiger partial charge in [0, 0.05) is 30.4 Å². The average Bonchev–Trinajstić information content (AvgIpc) is 2.70. The summed E-state index contributed by atoms with van der Waals surface area (Å²) in [5.74, 6) is -0.0251. The van der Waals surface area contributed by atoms with Crippen LogP contribution in [-0.2, 0) is 6.54 Å². The second-order valence-electron chi connectivity index (χ2n) is 5.90. The number of hydrogen-bond acceptors (Lipinski definition) is 5. The van der Waals surface area contributed by atoms with Gasteiger partial charge in [-0.3, -0.25) is 14.9 Å². The zero-order chi connectivity index (χ0) is 19.2. The maximum atomic E-state index is 13.1. The van der Waals surface area contributed by atoms with Gasteiger partial charge in [0.2, 0.25) is 0 Å². The van der Waals surface area contributed by atoms with Crippen LogP contribution in [0.1, 0.15) is 15.9 Å². The minimum Gasteiger partial charge on any atom is -0.345 e. The number of non-ortho nitro benzene ring substituents is 1. The highest BCUT2D eigenvalue weighted by molar-refractivity contribution is 5.99. The molecule has 0 spiro atoms. The van der Waals surface area contributed by atoms with Crippen molar-refractivity contribution in [3.63, 3.8) is 0 Å². The molecule has 3 rings (SSSR count). The lowest BCUT2D eigenvalue weighted by atomic mass is 10.1. The van der Waals surface area contributed by atoms with E-state index in [1.165, 1.54) is 30.3 Å². The number of benzene rings is 2. The summed E-state index contributed by atoms with van der Waals surface area (Å²) in [6.07, 6.45) is 1.62. The Morgan fingerprint density at radius 3 is 2.52 bits per heavy atom. The maximum absolute atomic E-state index is 13.1. The lowest BCUT2D eigenvalue weighted by molar-refractivity contribution is -0.384. The lowest BCUT2D eigenvalue weighted by Gasteiger charge is -2.23. The minimum absolute atomic E-state index is 0.0183. The van der Waals surface area contributed by atoms with Crippen LogP contribution in [0.3, 0.4) is 0 Å². The Balaban J connectivity index is 1.84. The summed E-state index contributed by atoms with van der Waals surface area (Å²) in [5.41, 5.74) is 0.932. The number of carbonyl (C=O) groups is 1. The standard InChI is InChI=1S/C20H16FN3O3/c21-17-9-7-15(8-10-17)13-23(20-6-1-2-11-22-20)14-19(25)16-4-3-5-18(12-16)24(26)27/h1-12H,13-14H2. The number of carbonyl (C=O) groups excluding carboxylic acids is 1. The third-order valence-corrected chi connectivity index (χ3v) is 3.97. The van der Waals surface area contributed by atoms with Gasteiger partial charge in [-0.2, -0.15) is 0 Å². The molecule has 0 aliphatic heterocycles. The van der Waals surface area contributed by atoms with Crippen molar-refractivity contribution in [3.8, 4) is 0 Å². The predicted octanol–water partition coefficient (Wildman–Crippen LogP) is 4.02. The summed E-state index contributed by atoms with van der Waals surface area (Å²) in [6, 6.07) is 17.0. The van der Waals surface area contributed by atoms with E-state index in [1.807, 2.05) is 0 Å². The van der Waals surface area contributed by atoms with Crippen LogP contribution in [0.25, 0.3) is 0 Å². The molecule has 1 aromatic heterocycles. The average molecular weight is 365 g/mol. The molecule has 2 aromatic carbocycles. The number of nitro benzene ring substituents is 1. The fraction of sp³-hybridized carbons (Fsp3) is 0.100. The molecular weight excluding hydrogens is 349 g/mol. The van der Waals surface area contributed by atoms with Gasteiger partial charge in [-0.15, -0.1) is 0 Å². The highest BCUT2D eigenvalue weighted by Crippen LogP contribution is 2.18. The summed E-state index contributed by atoms with van der Waals surface area (Å²) in [4.78, 5) is 29.1. The van der Waals surface area contributed by atoms with Crippen LogP contribution in [0.4, 0.5) is 15.9 Å². The number of ketones is 1. The molecule has 0 N–H and O–H groups in total. The molecule has 0 atom stereocenters. The number of Topliss-reactive ketones (excluding diaryl/α,β-unsaturated/α-hetero) is 1. The third kappa shape index (κ3) is 4.72. The highest BCUT2D eigenvalue weighted by atomic mass is 19.1. The Kier molecular flexibility index (Phi) is 5.51. The van der Waals surface area contributed by atoms with Gasteiger partial charge in [-0.1, -0.05) is 30.3 Å². The van der Waals surface area contributed by atoms with Crippen LogP contribution in [0.5, 0.6) is 0 Å². The van der Waals surface area contributed by atoms with E-state index >= 15 is 0 Å². The largest absolute Gasteiger partial charge is 0.345 e. The van der Waals surface area contributed by atoms with Gasteiger partial charge in [0.25, 0.3) is 5.69 Å². The summed E-state index contributed by atoms with van der Waals surface area (Å²) in [7, 11) is 0. The number of hydrogen-bond donors (Lipinski definition) is 0. The zero-order valence-corrected chi connectivity index (χ0v) is 14.3. The van der Waals surface area contributed by atoms with Crippen molar-refractivity contribution in [2.75, 3.05) is 11.4 Å². The van der Waals surface area contributed by atoms with Gasteiger partial charge in [-0.25, -0.2) is 9.37 Å². The van der Waals surface area contributed by atoms with Crippen molar-refractivity contribution < 1.29 is 14.1 Å². The molecule has 0 fully saturated rings. The SMILES string of the molecule is O=C(CN(Cc1ccc(F)cc1)c1ccccn1)c1cccc([N+](=O)[O-])c1. The van der Waals surface area contributed by atoms with E-state index in [4.69, 9.17) is 0 Å². The molecule has 0 saturated carbocycles. The fourth-order valence-electron chi connectivity index (χ4n) is 2.63. The molecule has 0 unspecified atom stereocenters. The van der Waals surface area contributed by atoms with Crippen LogP contribution in [0, 0.1) is 15.9 Å². The minimum atomic E-state index is -0.536. The number of halogens is 1. The van der Waals surface area contributed by atoms with Gasteiger partial charge in [0.1, 0.15) is 11.6 Å². The molecular formula is C20H16FN3O3. The van der Waals surface area contributed by atoms with E-state index in [9.17, 15) is 19.3 Å². The summed E-state index contributed by atoms with van der Waals surface area (Å²) >= 11 is 0. The molecule has 136 valence electrons. The number of aromatic nitrogens is 1. The zero-order valence-electron chi connectivity index (χ0n) is 14.3. The second-order valence-corrected chi connectivity index (χ2v) is 5.90. The Morgan fingerprint density at radius 2 is 1.85 bits per heavy atom. The van der Waals surface area contributed by atoms with Crippen LogP contribution in [0.15, 0.2) is 72.9 Å². The van der Waals surface area contributed by atoms with Crippen LogP contribution >= 0.6 is 0 Å². The van der Waals surface area contributed by atoms with Crippen molar-refractivity contribution in [2.45, 2.75) is 6.54 Å². The van der Waals surface area contributed by atoms with Gasteiger partial charge >= 0.3 is 0 Å². The number of pyridine rings is 1. The van der Waals surface area contributed by atoms with E-state index in [0.717, 1.165) is 5.56 Å². The third-order valence-electron chi connectivity index (χ3n) is 3.97. The van der Waals surface area contributed by atoms with E-state index in [2.05, 4.69) is 4.98 Å². The molecule has 1 heterocycles. The quantitative estimate of drug-likeness (QED) is 0.359. The molecule has 3 aromatic rings. The smallest absolute Gasteiger partial charge is 0.270 e. The first-order valence-corrected chi connectivity index (χ1v) is 8.21. The topological polar surface area (TPSA) is 76.3 Å². The summed E-state index contributed by atoms with van der Waals surface area (Å²) < 4.78 is 13.1. The second kappa shape index (κ2) is 8.18. The molecule has 0 radical (unpaired) electrons. The molecule has 0 bridgehead atoms. The van der Waals surface area contributed by atoms with Gasteiger partial charge in [0.15, 0.2) is 5.78 Å². The summed E-state index contributed by atoms with van der Waals surface area (Å²) in [5, 5.41) is 10.9. The van der Waals surface area contributed by atoms with Crippen molar-refractivity contribution >= 4 is 17.3 Å². The number of rotatable bonds is 7. The number of nitrogens with zero attached hydrogens (tertiary/aromatic N) is 3. The first-order valence-electron chi connectivity index (χ1n) is 8.21. The molecule has 0 saturated heterocycles. The number of anilines is 1. The first-order chi connectivity index (χ1) is 13.0. The Labute approximate surface area is 155 Å². The molecule has 27 heavy (non-hydrogen) atoms. The molecule has 0 amide bonds. The van der Waals surface area contributed by atoms with Crippen LogP contribution < -0.4 is 4.90 Å². The van der Waals surface area contributed by atoms with E-state index in [-0.39, 0.29) is 29.4 Å². The van der Waals surface area contributed by atoms with Gasteiger partial charge in [-0.05, 0) is 29.8 Å². The number of nitro groups is 1. The maximum Gasteiger partial charge on any atom is 0.270 e. The normalized spacial score (nSPS) is 10.4. The molecule has 0 aliphatic rings. The predicted molar refractivity (Wildman–Crippen MR) is 99.1 cm³/mol. The Bertz CT molecular complexity index is 946. The van der Waals surface area contributed by atoms with Crippen molar-refractivity contribution in [3.05, 3.63) is 100.0 Å². The van der Waals surface area contributed by atoms with Crippen molar-refractivity contribution in [2.24, 2.45) is 0 Å². The van der Waals surface area contributed by atoms with Crippen LogP contribution in [-0.4, -0.2) is 22.2 Å². The lowest BCUT2D eigenvalue weighted by Crippen LogP contribution is -2.30. The fourth-order valence-corrected chi connectivity index (χ4v) is 2.63. The van der Waals surface area contributed by atoms with E-state index in [1.54, 1.807) is 47.5 Å². The Morgan fingerprint density at radius 1 is 1.07 bits per heavy atom. The van der Waals surface area contributed by atoms with Gasteiger partial charge < -0.3 is 4.90 Å². The highest BCUT2D eigenvalue weighted by Gasteiger charge is 2.17. The van der Waals surface area contributed by atoms with E-state index < -0.39 is 4.92 Å². The monoisotopic (exact) mass is 365 g/mol. The molecule has 0 aliphatic carbocycles. The van der Waals surface area contributed by atoms with Crippen molar-refractivity contribution in [1.29, 1.82) is 0 Å². The first kappa shape index (κ1) is 18.2. The Hall–Kier alpha value is -3.61. The van der Waals surface area contributed by atoms with Crippen molar-refractivity contribution in [1.82, 2.24) is 4.98 Å². The van der Waals surface area contributed by atoms with Crippen LogP contribution in [0.2, 0.25) is 0 Å². The molecule has 7 heteroatoms. The van der Waals surface area contributed by atoms with E-state index in [0.29, 0.717) is 12.4 Å². The summed E-state index contributed by atoms with van der Waals surface area (Å²) in [6.45, 7) is 0.327. The molecule has 6 nitrogen and oxygen atoms in total. The van der Waals surface area contributed by atoms with Gasteiger partial charge in [0.05, 0.1) is 11.5 Å².